The van der Waals surface area contributed by atoms with Crippen LogP contribution in [-0.4, -0.2) is 13.1 Å². The first kappa shape index (κ1) is 15.0. The topological polar surface area (TPSA) is 38.3 Å². The van der Waals surface area contributed by atoms with E-state index in [-0.39, 0.29) is 11.4 Å². The van der Waals surface area contributed by atoms with Gasteiger partial charge in [0.25, 0.3) is 0 Å². The molecular weight excluding hydrogens is 276 g/mol. The molecule has 0 spiro atoms. The van der Waals surface area contributed by atoms with Gasteiger partial charge in [-0.2, -0.15) is 0 Å². The molecule has 2 aromatic rings. The van der Waals surface area contributed by atoms with Gasteiger partial charge in [0.1, 0.15) is 11.6 Å². The molecule has 0 heterocycles. The summed E-state index contributed by atoms with van der Waals surface area (Å²) in [5, 5.41) is 3.07. The van der Waals surface area contributed by atoms with Crippen LogP contribution in [0.2, 0.25) is 0 Å². The molecule has 0 aromatic heterocycles. The minimum absolute atomic E-state index is 0.127. The molecule has 1 N–H and O–H groups in total. The monoisotopic (exact) mass is 291 g/mol. The lowest BCUT2D eigenvalue weighted by atomic mass is 10.1. The maximum Gasteiger partial charge on any atom is 0.340 e. The van der Waals surface area contributed by atoms with Gasteiger partial charge in [0.05, 0.1) is 12.7 Å². The van der Waals surface area contributed by atoms with Crippen molar-refractivity contribution in [2.75, 3.05) is 12.4 Å². The SMILES string of the molecule is COC(=O)c1cc(NCc2ccc(F)cc2C)ccc1F. The summed E-state index contributed by atoms with van der Waals surface area (Å²) in [7, 11) is 1.20. The molecule has 3 nitrogen and oxygen atoms in total. The van der Waals surface area contributed by atoms with Crippen LogP contribution < -0.4 is 5.32 Å². The zero-order valence-electron chi connectivity index (χ0n) is 11.7. The Hall–Kier alpha value is -2.43. The third kappa shape index (κ3) is 3.56. The molecule has 0 atom stereocenters. The quantitative estimate of drug-likeness (QED) is 0.873. The fraction of sp³-hybridized carbons (Fsp3) is 0.188. The number of anilines is 1. The van der Waals surface area contributed by atoms with Crippen molar-refractivity contribution in [3.05, 3.63) is 64.7 Å². The van der Waals surface area contributed by atoms with Gasteiger partial charge in [-0.15, -0.1) is 0 Å². The molecule has 0 aliphatic rings. The van der Waals surface area contributed by atoms with E-state index < -0.39 is 11.8 Å². The number of hydrogen-bond acceptors (Lipinski definition) is 3. The van der Waals surface area contributed by atoms with E-state index in [0.29, 0.717) is 12.2 Å². The Labute approximate surface area is 121 Å². The van der Waals surface area contributed by atoms with E-state index in [4.69, 9.17) is 0 Å². The second kappa shape index (κ2) is 6.35. The molecule has 0 radical (unpaired) electrons. The molecule has 0 aliphatic heterocycles. The number of benzene rings is 2. The molecule has 0 aliphatic carbocycles. The zero-order chi connectivity index (χ0) is 15.4. The molecule has 0 saturated heterocycles. The minimum Gasteiger partial charge on any atom is -0.465 e. The molecule has 0 bridgehead atoms. The Morgan fingerprint density at radius 2 is 1.95 bits per heavy atom. The highest BCUT2D eigenvalue weighted by Crippen LogP contribution is 2.18. The molecule has 0 unspecified atom stereocenters. The van der Waals surface area contributed by atoms with E-state index in [9.17, 15) is 13.6 Å². The number of carbonyl (C=O) groups is 1. The summed E-state index contributed by atoms with van der Waals surface area (Å²) in [4.78, 5) is 11.4. The highest BCUT2D eigenvalue weighted by atomic mass is 19.1. The molecule has 5 heteroatoms. The number of rotatable bonds is 4. The summed E-state index contributed by atoms with van der Waals surface area (Å²) >= 11 is 0. The summed E-state index contributed by atoms with van der Waals surface area (Å²) in [5.41, 5.74) is 2.19. The third-order valence-electron chi connectivity index (χ3n) is 3.16. The lowest BCUT2D eigenvalue weighted by Gasteiger charge is -2.10. The molecule has 0 fully saturated rings. The second-order valence-corrected chi connectivity index (χ2v) is 4.61. The summed E-state index contributed by atoms with van der Waals surface area (Å²) in [5.74, 6) is -1.65. The summed E-state index contributed by atoms with van der Waals surface area (Å²) in [6, 6.07) is 8.63. The van der Waals surface area contributed by atoms with Crippen LogP contribution in [0.5, 0.6) is 0 Å². The molecule has 0 amide bonds. The number of aryl methyl sites for hydroxylation is 1. The number of nitrogens with one attached hydrogen (secondary N) is 1. The van der Waals surface area contributed by atoms with Crippen molar-refractivity contribution < 1.29 is 18.3 Å². The number of methoxy groups -OCH3 is 1. The van der Waals surface area contributed by atoms with Crippen molar-refractivity contribution in [2.24, 2.45) is 0 Å². The normalized spacial score (nSPS) is 10.3. The predicted octanol–water partition coefficient (Wildman–Crippen LogP) is 3.67. The van der Waals surface area contributed by atoms with Crippen molar-refractivity contribution in [3.63, 3.8) is 0 Å². The zero-order valence-corrected chi connectivity index (χ0v) is 11.7. The molecule has 0 saturated carbocycles. The van der Waals surface area contributed by atoms with E-state index in [1.165, 1.54) is 37.4 Å². The average Bonchev–Trinajstić information content (AvgIpc) is 2.47. The van der Waals surface area contributed by atoms with Crippen LogP contribution in [-0.2, 0) is 11.3 Å². The summed E-state index contributed by atoms with van der Waals surface area (Å²) in [6.07, 6.45) is 0. The predicted molar refractivity (Wildman–Crippen MR) is 76.2 cm³/mol. The van der Waals surface area contributed by atoms with Crippen LogP contribution in [0.3, 0.4) is 0 Å². The molecule has 21 heavy (non-hydrogen) atoms. The minimum atomic E-state index is -0.728. The Bertz CT molecular complexity index is 671. The van der Waals surface area contributed by atoms with Crippen molar-refractivity contribution in [3.8, 4) is 0 Å². The molecule has 2 rings (SSSR count). The van der Waals surface area contributed by atoms with Crippen molar-refractivity contribution in [2.45, 2.75) is 13.5 Å². The third-order valence-corrected chi connectivity index (χ3v) is 3.16. The fourth-order valence-electron chi connectivity index (χ4n) is 1.96. The number of hydrogen-bond donors (Lipinski definition) is 1. The second-order valence-electron chi connectivity index (χ2n) is 4.61. The number of halogens is 2. The van der Waals surface area contributed by atoms with E-state index in [1.807, 2.05) is 6.92 Å². The smallest absolute Gasteiger partial charge is 0.340 e. The maximum atomic E-state index is 13.5. The Balaban J connectivity index is 2.15. The Morgan fingerprint density at radius 3 is 2.62 bits per heavy atom. The van der Waals surface area contributed by atoms with Crippen LogP contribution in [0.4, 0.5) is 14.5 Å². The fourth-order valence-corrected chi connectivity index (χ4v) is 1.96. The van der Waals surface area contributed by atoms with Gasteiger partial charge >= 0.3 is 5.97 Å². The summed E-state index contributed by atoms with van der Waals surface area (Å²) in [6.45, 7) is 2.25. The van der Waals surface area contributed by atoms with Gasteiger partial charge in [-0.3, -0.25) is 0 Å². The van der Waals surface area contributed by atoms with Gasteiger partial charge in [0.2, 0.25) is 0 Å². The standard InChI is InChI=1S/C16H15F2NO2/c1-10-7-12(17)4-3-11(10)9-19-13-5-6-15(18)14(8-13)16(20)21-2/h3-8,19H,9H2,1-2H3. The Morgan fingerprint density at radius 1 is 1.19 bits per heavy atom. The molecule has 110 valence electrons. The van der Waals surface area contributed by atoms with Crippen molar-refractivity contribution in [1.82, 2.24) is 0 Å². The van der Waals surface area contributed by atoms with Gasteiger partial charge in [-0.05, 0) is 48.4 Å². The first-order chi connectivity index (χ1) is 10.0. The van der Waals surface area contributed by atoms with Gasteiger partial charge in [-0.1, -0.05) is 6.07 Å². The van der Waals surface area contributed by atoms with Crippen LogP contribution in [0, 0.1) is 18.6 Å². The number of esters is 1. The van der Waals surface area contributed by atoms with Gasteiger partial charge in [0, 0.05) is 12.2 Å². The van der Waals surface area contributed by atoms with Crippen LogP contribution in [0.15, 0.2) is 36.4 Å². The highest BCUT2D eigenvalue weighted by Gasteiger charge is 2.12. The van der Waals surface area contributed by atoms with E-state index in [2.05, 4.69) is 10.1 Å². The lowest BCUT2D eigenvalue weighted by Crippen LogP contribution is -2.07. The van der Waals surface area contributed by atoms with E-state index >= 15 is 0 Å². The first-order valence-corrected chi connectivity index (χ1v) is 6.38. The average molecular weight is 291 g/mol. The number of ether oxygens (including phenoxy) is 1. The van der Waals surface area contributed by atoms with Crippen molar-refractivity contribution in [1.29, 1.82) is 0 Å². The lowest BCUT2D eigenvalue weighted by molar-refractivity contribution is 0.0595. The maximum absolute atomic E-state index is 13.5. The summed E-state index contributed by atoms with van der Waals surface area (Å²) < 4.78 is 31.0. The van der Waals surface area contributed by atoms with E-state index in [0.717, 1.165) is 11.1 Å². The molecular formula is C16H15F2NO2. The van der Waals surface area contributed by atoms with Gasteiger partial charge in [-0.25, -0.2) is 13.6 Å². The van der Waals surface area contributed by atoms with Gasteiger partial charge in [0.15, 0.2) is 0 Å². The number of carbonyl (C=O) groups excluding carboxylic acids is 1. The van der Waals surface area contributed by atoms with Gasteiger partial charge < -0.3 is 10.1 Å². The van der Waals surface area contributed by atoms with Crippen LogP contribution >= 0.6 is 0 Å². The van der Waals surface area contributed by atoms with E-state index in [1.54, 1.807) is 6.07 Å². The highest BCUT2D eigenvalue weighted by molar-refractivity contribution is 5.90. The molecule has 2 aromatic carbocycles. The largest absolute Gasteiger partial charge is 0.465 e. The Kier molecular flexibility index (Phi) is 4.52. The first-order valence-electron chi connectivity index (χ1n) is 6.38. The van der Waals surface area contributed by atoms with Crippen LogP contribution in [0.25, 0.3) is 0 Å². The van der Waals surface area contributed by atoms with Crippen molar-refractivity contribution >= 4 is 11.7 Å². The van der Waals surface area contributed by atoms with Crippen LogP contribution in [0.1, 0.15) is 21.5 Å².